The van der Waals surface area contributed by atoms with Crippen LogP contribution < -0.4 is 10.6 Å². The Bertz CT molecular complexity index is 1210. The highest BCUT2D eigenvalue weighted by atomic mass is 35.5. The molecule has 0 spiro atoms. The van der Waals surface area contributed by atoms with Gasteiger partial charge in [-0.15, -0.1) is 0 Å². The van der Waals surface area contributed by atoms with Gasteiger partial charge in [-0.1, -0.05) is 48.3 Å². The van der Waals surface area contributed by atoms with E-state index in [0.717, 1.165) is 33.5 Å². The monoisotopic (exact) mass is 467 g/mol. The third kappa shape index (κ3) is 3.08. The Morgan fingerprint density at radius 2 is 1.94 bits per heavy atom. The fourth-order valence-electron chi connectivity index (χ4n) is 5.23. The van der Waals surface area contributed by atoms with E-state index < -0.39 is 5.41 Å². The van der Waals surface area contributed by atoms with Crippen molar-refractivity contribution in [3.63, 3.8) is 0 Å². The van der Waals surface area contributed by atoms with Gasteiger partial charge >= 0.3 is 0 Å². The molecule has 2 N–H and O–H groups in total. The Morgan fingerprint density at radius 3 is 2.66 bits per heavy atom. The third-order valence-electron chi connectivity index (χ3n) is 6.53. The van der Waals surface area contributed by atoms with Gasteiger partial charge in [0.15, 0.2) is 6.17 Å². The number of hydrogen-bond acceptors (Lipinski definition) is 5. The number of aromatic nitrogens is 1. The van der Waals surface area contributed by atoms with E-state index in [-0.39, 0.29) is 17.6 Å². The number of amides is 1. The van der Waals surface area contributed by atoms with Crippen LogP contribution in [0.3, 0.4) is 0 Å². The molecule has 2 atom stereocenters. The molecular weight excluding hydrogens is 445 g/mol. The molecule has 1 amide bonds. The average molecular weight is 468 g/mol. The zero-order valence-corrected chi connectivity index (χ0v) is 19.6. The van der Waals surface area contributed by atoms with Crippen molar-refractivity contribution >= 4 is 29.1 Å². The molecule has 5 rings (SSSR count). The van der Waals surface area contributed by atoms with E-state index in [0.29, 0.717) is 22.9 Å². The molecule has 1 aromatic carbocycles. The Kier molecular flexibility index (Phi) is 4.91. The minimum atomic E-state index is -0.669. The number of nitrogens with one attached hydrogen (secondary N) is 2. The Morgan fingerprint density at radius 1 is 1.19 bits per heavy atom. The van der Waals surface area contributed by atoms with E-state index in [2.05, 4.69) is 44.9 Å². The second-order valence-electron chi connectivity index (χ2n) is 9.05. The summed E-state index contributed by atoms with van der Waals surface area (Å²) in [6.07, 6.45) is 6.04. The average Bonchev–Trinajstić information content (AvgIpc) is 3.20. The van der Waals surface area contributed by atoms with Crippen LogP contribution in [0.1, 0.15) is 39.2 Å². The number of benzene rings is 1. The predicted molar refractivity (Wildman–Crippen MR) is 125 cm³/mol. The van der Waals surface area contributed by atoms with Gasteiger partial charge in [0.05, 0.1) is 27.2 Å². The lowest BCUT2D eigenvalue weighted by Gasteiger charge is -2.48. The topological polar surface area (TPSA) is 78.7 Å². The lowest BCUT2D eigenvalue weighted by Crippen LogP contribution is -2.58. The first kappa shape index (κ1) is 21.2. The van der Waals surface area contributed by atoms with Crippen LogP contribution in [0.15, 0.2) is 69.9 Å². The van der Waals surface area contributed by atoms with Gasteiger partial charge in [-0.2, -0.15) is 10.2 Å². The molecule has 32 heavy (non-hydrogen) atoms. The molecule has 1 aromatic heterocycles. The molecule has 0 bridgehead atoms. The summed E-state index contributed by atoms with van der Waals surface area (Å²) in [7, 11) is 0. The SMILES string of the molecule is CC[C@@]1(c2cccc(-c3c(Cl)cncc3Cl)c2)C2=CN=NC2NC2=C1C(=O)NC(C)(C)C2. The molecule has 3 aliphatic heterocycles. The first-order valence-corrected chi connectivity index (χ1v) is 11.4. The van der Waals surface area contributed by atoms with E-state index >= 15 is 0 Å². The predicted octanol–water partition coefficient (Wildman–Crippen LogP) is 5.53. The van der Waals surface area contributed by atoms with Crippen molar-refractivity contribution in [2.45, 2.75) is 50.7 Å². The van der Waals surface area contributed by atoms with E-state index in [1.807, 2.05) is 26.0 Å². The van der Waals surface area contributed by atoms with Gasteiger partial charge < -0.3 is 10.6 Å². The summed E-state index contributed by atoms with van der Waals surface area (Å²) < 4.78 is 0. The molecule has 2 aromatic rings. The van der Waals surface area contributed by atoms with E-state index in [1.165, 1.54) is 0 Å². The Hall–Kier alpha value is -2.70. The van der Waals surface area contributed by atoms with Gasteiger partial charge in [0.1, 0.15) is 0 Å². The van der Waals surface area contributed by atoms with Gasteiger partial charge in [0, 0.05) is 41.2 Å². The normalized spacial score (nSPS) is 25.6. The molecule has 1 unspecified atom stereocenters. The number of pyridine rings is 1. The number of carbonyl (C=O) groups excluding carboxylic acids is 1. The lowest BCUT2D eigenvalue weighted by molar-refractivity contribution is -0.120. The Labute approximate surface area is 196 Å². The highest BCUT2D eigenvalue weighted by molar-refractivity contribution is 6.39. The van der Waals surface area contributed by atoms with Crippen LogP contribution in [0.2, 0.25) is 10.0 Å². The van der Waals surface area contributed by atoms with Crippen molar-refractivity contribution in [3.05, 3.63) is 75.3 Å². The number of halogens is 2. The number of nitrogens with zero attached hydrogens (tertiary/aromatic N) is 3. The van der Waals surface area contributed by atoms with Crippen LogP contribution in [0.25, 0.3) is 11.1 Å². The lowest BCUT2D eigenvalue weighted by atomic mass is 9.62. The molecule has 0 fully saturated rings. The van der Waals surface area contributed by atoms with Crippen molar-refractivity contribution in [1.82, 2.24) is 15.6 Å². The van der Waals surface area contributed by atoms with Gasteiger partial charge in [0.25, 0.3) is 5.91 Å². The van der Waals surface area contributed by atoms with E-state index in [1.54, 1.807) is 18.6 Å². The van der Waals surface area contributed by atoms with Crippen LogP contribution in [-0.4, -0.2) is 22.6 Å². The molecule has 0 saturated carbocycles. The fraction of sp³-hybridized carbons (Fsp3) is 0.333. The highest BCUT2D eigenvalue weighted by Crippen LogP contribution is 2.52. The molecule has 164 valence electrons. The number of carbonyl (C=O) groups is 1. The molecule has 4 heterocycles. The number of hydrogen-bond donors (Lipinski definition) is 2. The zero-order chi connectivity index (χ0) is 22.7. The van der Waals surface area contributed by atoms with Crippen molar-refractivity contribution < 1.29 is 4.79 Å². The van der Waals surface area contributed by atoms with Crippen molar-refractivity contribution in [3.8, 4) is 11.1 Å². The van der Waals surface area contributed by atoms with Crippen LogP contribution >= 0.6 is 23.2 Å². The summed E-state index contributed by atoms with van der Waals surface area (Å²) in [5.74, 6) is -0.0674. The van der Waals surface area contributed by atoms with Gasteiger partial charge in [-0.25, -0.2) is 0 Å². The molecule has 0 radical (unpaired) electrons. The molecular formula is C24H23Cl2N5O. The first-order chi connectivity index (χ1) is 15.3. The van der Waals surface area contributed by atoms with Crippen LogP contribution in [0.4, 0.5) is 0 Å². The maximum Gasteiger partial charge on any atom is 0.250 e. The second-order valence-corrected chi connectivity index (χ2v) is 9.86. The minimum absolute atomic E-state index is 0.0674. The van der Waals surface area contributed by atoms with Crippen molar-refractivity contribution in [2.24, 2.45) is 10.2 Å². The number of rotatable bonds is 3. The summed E-state index contributed by atoms with van der Waals surface area (Å²) in [5.41, 5.74) is 4.18. The van der Waals surface area contributed by atoms with E-state index in [9.17, 15) is 4.79 Å². The molecule has 0 aliphatic carbocycles. The van der Waals surface area contributed by atoms with Crippen LogP contribution in [-0.2, 0) is 10.2 Å². The molecule has 6 nitrogen and oxygen atoms in total. The van der Waals surface area contributed by atoms with Crippen molar-refractivity contribution in [1.29, 1.82) is 0 Å². The molecule has 3 aliphatic rings. The molecule has 0 saturated heterocycles. The minimum Gasteiger partial charge on any atom is -0.362 e. The third-order valence-corrected chi connectivity index (χ3v) is 7.10. The van der Waals surface area contributed by atoms with Crippen LogP contribution in [0.5, 0.6) is 0 Å². The first-order valence-electron chi connectivity index (χ1n) is 10.6. The quantitative estimate of drug-likeness (QED) is 0.622. The van der Waals surface area contributed by atoms with Crippen LogP contribution in [0, 0.1) is 0 Å². The fourth-order valence-corrected chi connectivity index (χ4v) is 5.82. The van der Waals surface area contributed by atoms with Crippen molar-refractivity contribution in [2.75, 3.05) is 0 Å². The smallest absolute Gasteiger partial charge is 0.250 e. The van der Waals surface area contributed by atoms with Gasteiger partial charge in [-0.3, -0.25) is 9.78 Å². The maximum absolute atomic E-state index is 13.5. The summed E-state index contributed by atoms with van der Waals surface area (Å²) in [4.78, 5) is 17.6. The van der Waals surface area contributed by atoms with Gasteiger partial charge in [-0.05, 0) is 37.5 Å². The summed E-state index contributed by atoms with van der Waals surface area (Å²) >= 11 is 12.9. The largest absolute Gasteiger partial charge is 0.362 e. The second kappa shape index (κ2) is 7.42. The standard InChI is InChI=1S/C24H23Cl2N5O/c1-4-24(14-7-5-6-13(8-14)19-16(25)11-27-12-17(19)26)15-10-28-31-21(15)29-18-9-23(2,3)30-22(32)20(18)24/h5-8,10-12,21,29H,4,9H2,1-3H3,(H,30,32)/t21?,24-/m1/s1. The maximum atomic E-state index is 13.5. The number of azo groups is 1. The van der Waals surface area contributed by atoms with E-state index in [4.69, 9.17) is 23.2 Å². The highest BCUT2D eigenvalue weighted by Gasteiger charge is 2.53. The summed E-state index contributed by atoms with van der Waals surface area (Å²) in [6, 6.07) is 8.06. The Balaban J connectivity index is 1.76. The molecule has 8 heteroatoms. The zero-order valence-electron chi connectivity index (χ0n) is 18.0. The summed E-state index contributed by atoms with van der Waals surface area (Å²) in [5, 5.41) is 16.2. The summed E-state index contributed by atoms with van der Waals surface area (Å²) in [6.45, 7) is 6.15. The number of fused-ring (bicyclic) bond motifs is 1. The van der Waals surface area contributed by atoms with Gasteiger partial charge in [0.2, 0.25) is 0 Å².